The predicted molar refractivity (Wildman–Crippen MR) is 111 cm³/mol. The first kappa shape index (κ1) is 20.7. The Hall–Kier alpha value is -1.35. The summed E-state index contributed by atoms with van der Waals surface area (Å²) in [5.41, 5.74) is 1.85. The number of aromatic nitrogens is 1. The number of nitrogens with zero attached hydrogens (tertiary/aromatic N) is 2. The van der Waals surface area contributed by atoms with Crippen molar-refractivity contribution in [3.8, 4) is 5.75 Å². The Morgan fingerprint density at radius 2 is 2.08 bits per heavy atom. The fourth-order valence-electron chi connectivity index (χ4n) is 2.01. The number of thiazole rings is 1. The van der Waals surface area contributed by atoms with Gasteiger partial charge in [-0.1, -0.05) is 31.5 Å². The van der Waals surface area contributed by atoms with E-state index in [0.717, 1.165) is 41.6 Å². The first-order valence-electron chi connectivity index (χ1n) is 7.89. The van der Waals surface area contributed by atoms with Crippen LogP contribution < -0.4 is 10.6 Å². The lowest BCUT2D eigenvalue weighted by Gasteiger charge is -2.11. The van der Waals surface area contributed by atoms with Gasteiger partial charge in [-0.25, -0.2) is 9.98 Å². The van der Waals surface area contributed by atoms with Crippen LogP contribution >= 0.6 is 35.3 Å². The quantitative estimate of drug-likeness (QED) is 0.255. The Kier molecular flexibility index (Phi) is 9.70. The fraction of sp³-hybridized carbons (Fsp3) is 0.412. The van der Waals surface area contributed by atoms with Gasteiger partial charge in [0.15, 0.2) is 5.96 Å². The molecule has 0 fully saturated rings. The first-order valence-corrected chi connectivity index (χ1v) is 8.77. The molecule has 0 bridgehead atoms. The molecule has 0 aliphatic heterocycles. The van der Waals surface area contributed by atoms with Crippen LogP contribution in [-0.2, 0) is 13.1 Å². The Bertz CT molecular complexity index is 645. The van der Waals surface area contributed by atoms with Crippen molar-refractivity contribution in [2.45, 2.75) is 39.8 Å². The maximum atomic E-state index is 9.83. The number of unbranched alkanes of at least 4 members (excludes halogenated alkanes) is 1. The number of benzene rings is 1. The molecule has 0 saturated heterocycles. The summed E-state index contributed by atoms with van der Waals surface area (Å²) in [4.78, 5) is 9.00. The van der Waals surface area contributed by atoms with E-state index in [1.54, 1.807) is 17.4 Å². The number of halogens is 1. The van der Waals surface area contributed by atoms with Crippen molar-refractivity contribution in [3.63, 3.8) is 0 Å². The molecule has 0 spiro atoms. The van der Waals surface area contributed by atoms with E-state index in [9.17, 15) is 5.11 Å². The van der Waals surface area contributed by atoms with Crippen LogP contribution in [0.4, 0.5) is 0 Å². The summed E-state index contributed by atoms with van der Waals surface area (Å²) in [6, 6.07) is 7.28. The zero-order valence-corrected chi connectivity index (χ0v) is 17.2. The van der Waals surface area contributed by atoms with E-state index >= 15 is 0 Å². The van der Waals surface area contributed by atoms with Gasteiger partial charge >= 0.3 is 0 Å². The van der Waals surface area contributed by atoms with Crippen molar-refractivity contribution in [1.29, 1.82) is 0 Å². The smallest absolute Gasteiger partial charge is 0.191 e. The maximum Gasteiger partial charge on any atom is 0.191 e. The Morgan fingerprint density at radius 1 is 1.29 bits per heavy atom. The van der Waals surface area contributed by atoms with Gasteiger partial charge in [-0.2, -0.15) is 0 Å². The van der Waals surface area contributed by atoms with Crippen molar-refractivity contribution in [3.05, 3.63) is 45.9 Å². The molecular formula is C17H25IN4OS. The molecule has 1 aromatic heterocycles. The van der Waals surface area contributed by atoms with Crippen LogP contribution in [0.25, 0.3) is 0 Å². The van der Waals surface area contributed by atoms with Crippen molar-refractivity contribution in [2.24, 2.45) is 4.99 Å². The molecule has 1 aromatic carbocycles. The van der Waals surface area contributed by atoms with Crippen LogP contribution in [0, 0.1) is 6.92 Å². The molecule has 0 aliphatic rings. The molecule has 3 N–H and O–H groups in total. The highest BCUT2D eigenvalue weighted by Gasteiger charge is 2.03. The van der Waals surface area contributed by atoms with Crippen LogP contribution in [0.5, 0.6) is 5.75 Å². The number of phenols is 1. The Morgan fingerprint density at radius 3 is 2.75 bits per heavy atom. The zero-order valence-electron chi connectivity index (χ0n) is 14.1. The molecule has 24 heavy (non-hydrogen) atoms. The van der Waals surface area contributed by atoms with Crippen LogP contribution in [-0.4, -0.2) is 22.6 Å². The molecular weight excluding hydrogens is 435 g/mol. The van der Waals surface area contributed by atoms with Gasteiger partial charge in [-0.3, -0.25) is 0 Å². The number of aryl methyl sites for hydroxylation is 1. The SMILES string of the molecule is CCCCNC(=NCc1ccccc1O)NCc1nc(C)cs1.I. The summed E-state index contributed by atoms with van der Waals surface area (Å²) in [6.07, 6.45) is 2.22. The molecule has 0 amide bonds. The third kappa shape index (κ3) is 7.04. The van der Waals surface area contributed by atoms with Gasteiger partial charge in [0.25, 0.3) is 0 Å². The van der Waals surface area contributed by atoms with E-state index in [-0.39, 0.29) is 29.7 Å². The van der Waals surface area contributed by atoms with Gasteiger partial charge in [-0.05, 0) is 19.4 Å². The minimum Gasteiger partial charge on any atom is -0.508 e. The third-order valence-corrected chi connectivity index (χ3v) is 4.26. The van der Waals surface area contributed by atoms with Crippen LogP contribution in [0.15, 0.2) is 34.6 Å². The lowest BCUT2D eigenvalue weighted by atomic mass is 10.2. The number of nitrogens with one attached hydrogen (secondary N) is 2. The number of para-hydroxylation sites is 1. The normalized spacial score (nSPS) is 11.0. The van der Waals surface area contributed by atoms with Gasteiger partial charge in [-0.15, -0.1) is 35.3 Å². The second-order valence-electron chi connectivity index (χ2n) is 5.31. The number of rotatable bonds is 7. The average Bonchev–Trinajstić information content (AvgIpc) is 2.96. The van der Waals surface area contributed by atoms with E-state index < -0.39 is 0 Å². The summed E-state index contributed by atoms with van der Waals surface area (Å²) >= 11 is 1.64. The number of aromatic hydroxyl groups is 1. The number of aliphatic imine (C=N–C) groups is 1. The zero-order chi connectivity index (χ0) is 16.5. The second-order valence-corrected chi connectivity index (χ2v) is 6.25. The first-order chi connectivity index (χ1) is 11.2. The molecule has 132 valence electrons. The van der Waals surface area contributed by atoms with Gasteiger partial charge in [0, 0.05) is 23.2 Å². The summed E-state index contributed by atoms with van der Waals surface area (Å²) in [6.45, 7) is 6.11. The molecule has 0 aliphatic carbocycles. The van der Waals surface area contributed by atoms with Crippen molar-refractivity contribution in [1.82, 2.24) is 15.6 Å². The highest BCUT2D eigenvalue weighted by atomic mass is 127. The molecule has 0 atom stereocenters. The van der Waals surface area contributed by atoms with Crippen LogP contribution in [0.2, 0.25) is 0 Å². The lowest BCUT2D eigenvalue weighted by molar-refractivity contribution is 0.468. The maximum absolute atomic E-state index is 9.83. The van der Waals surface area contributed by atoms with Gasteiger partial charge in [0.2, 0.25) is 0 Å². The molecule has 7 heteroatoms. The van der Waals surface area contributed by atoms with E-state index in [1.165, 1.54) is 0 Å². The van der Waals surface area contributed by atoms with E-state index in [2.05, 4.69) is 27.5 Å². The highest BCUT2D eigenvalue weighted by molar-refractivity contribution is 14.0. The number of guanidine groups is 1. The lowest BCUT2D eigenvalue weighted by Crippen LogP contribution is -2.37. The standard InChI is InChI=1S/C17H24N4OS.HI/c1-3-4-9-18-17(20-11-16-21-13(2)12-23-16)19-10-14-7-5-6-8-15(14)22;/h5-8,12,22H,3-4,9-11H2,1-2H3,(H2,18,19,20);1H. The van der Waals surface area contributed by atoms with Crippen molar-refractivity contribution >= 4 is 41.3 Å². The molecule has 0 unspecified atom stereocenters. The van der Waals surface area contributed by atoms with Gasteiger partial charge in [0.05, 0.1) is 13.1 Å². The number of hydrogen-bond donors (Lipinski definition) is 3. The highest BCUT2D eigenvalue weighted by Crippen LogP contribution is 2.16. The monoisotopic (exact) mass is 460 g/mol. The number of phenolic OH excluding ortho intramolecular Hbond substituents is 1. The Balaban J connectivity index is 0.00000288. The topological polar surface area (TPSA) is 69.5 Å². The average molecular weight is 460 g/mol. The fourth-order valence-corrected chi connectivity index (χ4v) is 2.72. The molecule has 2 rings (SSSR count). The predicted octanol–water partition coefficient (Wildman–Crippen LogP) is 3.81. The molecule has 0 radical (unpaired) electrons. The summed E-state index contributed by atoms with van der Waals surface area (Å²) < 4.78 is 0. The summed E-state index contributed by atoms with van der Waals surface area (Å²) in [5, 5.41) is 19.5. The largest absolute Gasteiger partial charge is 0.508 e. The second kappa shape index (κ2) is 11.2. The van der Waals surface area contributed by atoms with E-state index in [4.69, 9.17) is 0 Å². The van der Waals surface area contributed by atoms with Crippen molar-refractivity contribution in [2.75, 3.05) is 6.54 Å². The summed E-state index contributed by atoms with van der Waals surface area (Å²) in [5.74, 6) is 1.02. The van der Waals surface area contributed by atoms with E-state index in [1.807, 2.05) is 30.5 Å². The minimum atomic E-state index is 0. The van der Waals surface area contributed by atoms with Gasteiger partial charge < -0.3 is 15.7 Å². The molecule has 5 nitrogen and oxygen atoms in total. The molecule has 1 heterocycles. The van der Waals surface area contributed by atoms with Crippen LogP contribution in [0.3, 0.4) is 0 Å². The number of hydrogen-bond acceptors (Lipinski definition) is 4. The Labute approximate surface area is 164 Å². The van der Waals surface area contributed by atoms with Crippen molar-refractivity contribution < 1.29 is 5.11 Å². The third-order valence-electron chi connectivity index (χ3n) is 3.30. The minimum absolute atomic E-state index is 0. The molecule has 0 saturated carbocycles. The summed E-state index contributed by atoms with van der Waals surface area (Å²) in [7, 11) is 0. The van der Waals surface area contributed by atoms with E-state index in [0.29, 0.717) is 13.1 Å². The molecule has 2 aromatic rings. The van der Waals surface area contributed by atoms with Gasteiger partial charge in [0.1, 0.15) is 10.8 Å². The van der Waals surface area contributed by atoms with Crippen LogP contribution in [0.1, 0.15) is 36.0 Å².